The van der Waals surface area contributed by atoms with E-state index in [1.54, 1.807) is 20.3 Å². The maximum Gasteiger partial charge on any atom is 0.254 e. The standard InChI is InChI=1S/C22H29N5O4/c1-29-17-11-15-16(12-18(17)30-2)24-21(25-19(15)23)27-9-7-26(8-10-27)20(28)22-5-3-14(4-6-22)13-31-22/h11-12,14H,3-10,13H2,1-2H3,(H2,23,24,25). The fourth-order valence-corrected chi connectivity index (χ4v) is 5.01. The van der Waals surface area contributed by atoms with Crippen LogP contribution in [0.3, 0.4) is 0 Å². The normalized spacial score (nSPS) is 25.7. The maximum absolute atomic E-state index is 13.2. The number of benzene rings is 1. The highest BCUT2D eigenvalue weighted by Crippen LogP contribution is 2.42. The Labute approximate surface area is 181 Å². The summed E-state index contributed by atoms with van der Waals surface area (Å²) in [5.74, 6) is 2.93. The summed E-state index contributed by atoms with van der Waals surface area (Å²) in [5, 5.41) is 0.722. The van der Waals surface area contributed by atoms with Crippen molar-refractivity contribution in [3.05, 3.63) is 12.1 Å². The summed E-state index contributed by atoms with van der Waals surface area (Å²) in [6.07, 6.45) is 3.91. The van der Waals surface area contributed by atoms with Gasteiger partial charge in [0.1, 0.15) is 11.4 Å². The lowest BCUT2D eigenvalue weighted by Gasteiger charge is -2.48. The summed E-state index contributed by atoms with van der Waals surface area (Å²) in [6.45, 7) is 3.29. The Morgan fingerprint density at radius 2 is 1.77 bits per heavy atom. The second kappa shape index (κ2) is 7.71. The Balaban J connectivity index is 1.32. The number of rotatable bonds is 4. The van der Waals surface area contributed by atoms with Crippen molar-refractivity contribution in [2.45, 2.75) is 31.3 Å². The molecule has 1 aromatic heterocycles. The topological polar surface area (TPSA) is 103 Å². The second-order valence-corrected chi connectivity index (χ2v) is 8.66. The Morgan fingerprint density at radius 1 is 1.10 bits per heavy atom. The minimum atomic E-state index is -0.587. The third-order valence-corrected chi connectivity index (χ3v) is 6.97. The zero-order valence-electron chi connectivity index (χ0n) is 18.1. The van der Waals surface area contributed by atoms with E-state index >= 15 is 0 Å². The van der Waals surface area contributed by atoms with Gasteiger partial charge in [-0.05, 0) is 37.7 Å². The number of carbonyl (C=O) groups excluding carboxylic acids is 1. The molecule has 2 bridgehead atoms. The van der Waals surface area contributed by atoms with Gasteiger partial charge in [-0.3, -0.25) is 4.79 Å². The van der Waals surface area contributed by atoms with Gasteiger partial charge in [-0.25, -0.2) is 4.98 Å². The van der Waals surface area contributed by atoms with Crippen LogP contribution in [-0.4, -0.2) is 73.4 Å². The van der Waals surface area contributed by atoms with Crippen molar-refractivity contribution in [2.75, 3.05) is 57.6 Å². The maximum atomic E-state index is 13.2. The molecule has 0 spiro atoms. The zero-order valence-corrected chi connectivity index (χ0v) is 18.1. The molecule has 2 aromatic rings. The lowest BCUT2D eigenvalue weighted by molar-refractivity contribution is -0.183. The Morgan fingerprint density at radius 3 is 2.39 bits per heavy atom. The van der Waals surface area contributed by atoms with Crippen LogP contribution in [0.1, 0.15) is 25.7 Å². The highest BCUT2D eigenvalue weighted by Gasteiger charge is 2.49. The minimum Gasteiger partial charge on any atom is -0.493 e. The minimum absolute atomic E-state index is 0.154. The van der Waals surface area contributed by atoms with Crippen molar-refractivity contribution in [2.24, 2.45) is 5.92 Å². The molecule has 1 amide bonds. The molecule has 0 atom stereocenters. The summed E-state index contributed by atoms with van der Waals surface area (Å²) in [4.78, 5) is 26.5. The van der Waals surface area contributed by atoms with Crippen LogP contribution in [0.15, 0.2) is 12.1 Å². The third-order valence-electron chi connectivity index (χ3n) is 6.97. The van der Waals surface area contributed by atoms with Gasteiger partial charge in [-0.15, -0.1) is 0 Å². The first-order chi connectivity index (χ1) is 15.0. The molecule has 9 nitrogen and oxygen atoms in total. The van der Waals surface area contributed by atoms with Gasteiger partial charge in [0.25, 0.3) is 5.91 Å². The summed E-state index contributed by atoms with van der Waals surface area (Å²) in [6, 6.07) is 3.60. The van der Waals surface area contributed by atoms with Crippen LogP contribution in [0.25, 0.3) is 10.9 Å². The van der Waals surface area contributed by atoms with Crippen LogP contribution in [-0.2, 0) is 9.53 Å². The van der Waals surface area contributed by atoms with Gasteiger partial charge in [-0.1, -0.05) is 0 Å². The molecule has 9 heteroatoms. The van der Waals surface area contributed by atoms with E-state index in [1.807, 2.05) is 11.0 Å². The Bertz CT molecular complexity index is 983. The van der Waals surface area contributed by atoms with E-state index in [0.29, 0.717) is 60.9 Å². The molecule has 3 saturated heterocycles. The lowest BCUT2D eigenvalue weighted by Crippen LogP contribution is -2.60. The molecule has 4 heterocycles. The molecule has 1 saturated carbocycles. The fourth-order valence-electron chi connectivity index (χ4n) is 5.01. The Hall–Kier alpha value is -2.81. The number of ether oxygens (including phenoxy) is 3. The fraction of sp³-hybridized carbons (Fsp3) is 0.591. The van der Waals surface area contributed by atoms with Gasteiger partial charge in [-0.2, -0.15) is 4.98 Å². The number of anilines is 2. The van der Waals surface area contributed by atoms with Crippen molar-refractivity contribution in [1.29, 1.82) is 0 Å². The number of fused-ring (bicyclic) bond motifs is 4. The third kappa shape index (κ3) is 3.40. The summed E-state index contributed by atoms with van der Waals surface area (Å²) < 4.78 is 16.8. The predicted octanol–water partition coefficient (Wildman–Crippen LogP) is 1.84. The van der Waals surface area contributed by atoms with Crippen LogP contribution in [0, 0.1) is 5.92 Å². The second-order valence-electron chi connectivity index (χ2n) is 8.66. The van der Waals surface area contributed by atoms with Crippen molar-refractivity contribution in [3.63, 3.8) is 0 Å². The first-order valence-corrected chi connectivity index (χ1v) is 10.9. The molecular weight excluding hydrogens is 398 g/mol. The van der Waals surface area contributed by atoms with Gasteiger partial charge < -0.3 is 29.7 Å². The molecule has 6 rings (SSSR count). The number of nitrogen functional groups attached to an aromatic ring is 1. The quantitative estimate of drug-likeness (QED) is 0.788. The number of nitrogens with two attached hydrogens (primary N) is 1. The lowest BCUT2D eigenvalue weighted by atomic mass is 9.75. The highest BCUT2D eigenvalue weighted by atomic mass is 16.5. The zero-order chi connectivity index (χ0) is 21.6. The number of hydrogen-bond acceptors (Lipinski definition) is 8. The van der Waals surface area contributed by atoms with E-state index in [-0.39, 0.29) is 5.91 Å². The molecule has 4 fully saturated rings. The van der Waals surface area contributed by atoms with Crippen molar-refractivity contribution in [3.8, 4) is 11.5 Å². The van der Waals surface area contributed by atoms with Crippen LogP contribution < -0.4 is 20.1 Å². The summed E-state index contributed by atoms with van der Waals surface area (Å²) in [7, 11) is 3.17. The van der Waals surface area contributed by atoms with Gasteiger partial charge in [0.2, 0.25) is 5.95 Å². The summed E-state index contributed by atoms with van der Waals surface area (Å²) in [5.41, 5.74) is 6.35. The molecule has 166 valence electrons. The molecular formula is C22H29N5O4. The van der Waals surface area contributed by atoms with Gasteiger partial charge in [0.15, 0.2) is 11.5 Å². The van der Waals surface area contributed by atoms with E-state index in [9.17, 15) is 4.79 Å². The number of nitrogens with zero attached hydrogens (tertiary/aromatic N) is 4. The van der Waals surface area contributed by atoms with Crippen LogP contribution in [0.2, 0.25) is 0 Å². The number of carbonyl (C=O) groups is 1. The molecule has 0 radical (unpaired) electrons. The number of methoxy groups -OCH3 is 2. The van der Waals surface area contributed by atoms with Gasteiger partial charge in [0, 0.05) is 37.6 Å². The van der Waals surface area contributed by atoms with Crippen LogP contribution >= 0.6 is 0 Å². The van der Waals surface area contributed by atoms with Gasteiger partial charge >= 0.3 is 0 Å². The number of amides is 1. The summed E-state index contributed by atoms with van der Waals surface area (Å²) >= 11 is 0. The van der Waals surface area contributed by atoms with E-state index in [1.165, 1.54) is 0 Å². The first kappa shape index (κ1) is 20.1. The van der Waals surface area contributed by atoms with E-state index < -0.39 is 5.60 Å². The molecule has 1 aromatic carbocycles. The average Bonchev–Trinajstić information content (AvgIpc) is 2.84. The molecule has 3 aliphatic heterocycles. The number of aromatic nitrogens is 2. The molecule has 0 unspecified atom stereocenters. The first-order valence-electron chi connectivity index (χ1n) is 10.9. The molecule has 4 aliphatic rings. The van der Waals surface area contributed by atoms with Crippen molar-refractivity contribution >= 4 is 28.6 Å². The largest absolute Gasteiger partial charge is 0.493 e. The highest BCUT2D eigenvalue weighted by molar-refractivity contribution is 5.92. The molecule has 2 N–H and O–H groups in total. The molecule has 31 heavy (non-hydrogen) atoms. The smallest absolute Gasteiger partial charge is 0.254 e. The van der Waals surface area contributed by atoms with Crippen molar-refractivity contribution < 1.29 is 19.0 Å². The Kier molecular flexibility index (Phi) is 5.00. The molecule has 1 aliphatic carbocycles. The van der Waals surface area contributed by atoms with E-state index in [4.69, 9.17) is 24.9 Å². The van der Waals surface area contributed by atoms with Crippen LogP contribution in [0.5, 0.6) is 11.5 Å². The SMILES string of the molecule is COc1cc2nc(N3CCN(C(=O)C45CCC(CC4)CO5)CC3)nc(N)c2cc1OC. The average molecular weight is 428 g/mol. The van der Waals surface area contributed by atoms with Crippen LogP contribution in [0.4, 0.5) is 11.8 Å². The predicted molar refractivity (Wildman–Crippen MR) is 116 cm³/mol. The van der Waals surface area contributed by atoms with Gasteiger partial charge in [0.05, 0.1) is 26.3 Å². The number of hydrogen-bond donors (Lipinski definition) is 1. The van der Waals surface area contributed by atoms with E-state index in [2.05, 4.69) is 9.88 Å². The monoisotopic (exact) mass is 427 g/mol. The van der Waals surface area contributed by atoms with Crippen molar-refractivity contribution in [1.82, 2.24) is 14.9 Å². The number of piperazine rings is 1. The van der Waals surface area contributed by atoms with E-state index in [0.717, 1.165) is 37.7 Å².